The summed E-state index contributed by atoms with van der Waals surface area (Å²) in [6.07, 6.45) is 2.31. The Bertz CT molecular complexity index is 567. The van der Waals surface area contributed by atoms with Crippen molar-refractivity contribution in [1.82, 2.24) is 20.1 Å². The van der Waals surface area contributed by atoms with Gasteiger partial charge in [0.15, 0.2) is 5.82 Å². The standard InChI is InChI=1S/C15H20N4/c1-11-4-3-5-13(10-11)14-17-15(19(2)18-14)12-6-8-16-9-7-12/h3-5,10,12,16H,6-9H2,1-2H3. The Hall–Kier alpha value is -1.68. The summed E-state index contributed by atoms with van der Waals surface area (Å²) in [5.74, 6) is 2.51. The zero-order valence-corrected chi connectivity index (χ0v) is 11.6. The maximum Gasteiger partial charge on any atom is 0.181 e. The number of hydrogen-bond acceptors (Lipinski definition) is 3. The van der Waals surface area contributed by atoms with Gasteiger partial charge in [-0.3, -0.25) is 4.68 Å². The number of benzene rings is 1. The van der Waals surface area contributed by atoms with Crippen molar-refractivity contribution in [3.05, 3.63) is 35.7 Å². The summed E-state index contributed by atoms with van der Waals surface area (Å²) < 4.78 is 1.95. The van der Waals surface area contributed by atoms with Gasteiger partial charge in [-0.1, -0.05) is 23.8 Å². The molecule has 2 heterocycles. The monoisotopic (exact) mass is 256 g/mol. The van der Waals surface area contributed by atoms with Crippen LogP contribution in [0.15, 0.2) is 24.3 Å². The predicted octanol–water partition coefficient (Wildman–Crippen LogP) is 2.26. The summed E-state index contributed by atoms with van der Waals surface area (Å²) >= 11 is 0. The lowest BCUT2D eigenvalue weighted by molar-refractivity contribution is 0.432. The Balaban J connectivity index is 1.92. The average molecular weight is 256 g/mol. The first kappa shape index (κ1) is 12.4. The molecule has 1 N–H and O–H groups in total. The van der Waals surface area contributed by atoms with Crippen LogP contribution in [-0.2, 0) is 7.05 Å². The summed E-state index contributed by atoms with van der Waals surface area (Å²) in [6, 6.07) is 8.38. The fourth-order valence-electron chi connectivity index (χ4n) is 2.74. The van der Waals surface area contributed by atoms with E-state index in [1.54, 1.807) is 0 Å². The molecule has 0 atom stereocenters. The third-order valence-electron chi connectivity index (χ3n) is 3.78. The molecule has 1 aromatic heterocycles. The minimum atomic E-state index is 0.539. The average Bonchev–Trinajstić information content (AvgIpc) is 2.82. The van der Waals surface area contributed by atoms with Crippen molar-refractivity contribution in [3.8, 4) is 11.4 Å². The van der Waals surface area contributed by atoms with Gasteiger partial charge >= 0.3 is 0 Å². The van der Waals surface area contributed by atoms with Crippen molar-refractivity contribution in [1.29, 1.82) is 0 Å². The van der Waals surface area contributed by atoms with Crippen molar-refractivity contribution >= 4 is 0 Å². The second-order valence-electron chi connectivity index (χ2n) is 5.31. The highest BCUT2D eigenvalue weighted by atomic mass is 15.3. The molecular formula is C15H20N4. The predicted molar refractivity (Wildman–Crippen MR) is 76.0 cm³/mol. The van der Waals surface area contributed by atoms with Crippen LogP contribution in [0.4, 0.5) is 0 Å². The van der Waals surface area contributed by atoms with E-state index in [1.165, 1.54) is 5.56 Å². The molecule has 0 amide bonds. The van der Waals surface area contributed by atoms with E-state index in [-0.39, 0.29) is 0 Å². The molecule has 1 saturated heterocycles. The molecule has 100 valence electrons. The lowest BCUT2D eigenvalue weighted by Crippen LogP contribution is -2.27. The molecule has 1 aromatic carbocycles. The number of nitrogens with zero attached hydrogens (tertiary/aromatic N) is 3. The van der Waals surface area contributed by atoms with E-state index >= 15 is 0 Å². The van der Waals surface area contributed by atoms with E-state index in [2.05, 4.69) is 41.6 Å². The first-order chi connectivity index (χ1) is 9.24. The molecule has 0 saturated carbocycles. The Morgan fingerprint density at radius 3 is 2.79 bits per heavy atom. The highest BCUT2D eigenvalue weighted by molar-refractivity contribution is 5.55. The largest absolute Gasteiger partial charge is 0.317 e. The Labute approximate surface area is 113 Å². The van der Waals surface area contributed by atoms with Gasteiger partial charge in [-0.05, 0) is 38.9 Å². The second kappa shape index (κ2) is 5.13. The van der Waals surface area contributed by atoms with Gasteiger partial charge in [0.1, 0.15) is 5.82 Å². The molecule has 0 spiro atoms. The fraction of sp³-hybridized carbons (Fsp3) is 0.467. The molecule has 1 fully saturated rings. The molecule has 1 aliphatic rings. The summed E-state index contributed by atoms with van der Waals surface area (Å²) in [5, 5.41) is 7.97. The van der Waals surface area contributed by atoms with E-state index in [1.807, 2.05) is 11.7 Å². The van der Waals surface area contributed by atoms with Crippen LogP contribution in [0.5, 0.6) is 0 Å². The molecule has 4 nitrogen and oxygen atoms in total. The van der Waals surface area contributed by atoms with E-state index in [0.29, 0.717) is 5.92 Å². The minimum Gasteiger partial charge on any atom is -0.317 e. The lowest BCUT2D eigenvalue weighted by atomic mass is 9.97. The lowest BCUT2D eigenvalue weighted by Gasteiger charge is -2.21. The number of aromatic nitrogens is 3. The maximum absolute atomic E-state index is 4.77. The summed E-state index contributed by atoms with van der Waals surface area (Å²) in [5.41, 5.74) is 2.35. The van der Waals surface area contributed by atoms with Gasteiger partial charge in [0.25, 0.3) is 0 Å². The van der Waals surface area contributed by atoms with Gasteiger partial charge in [-0.25, -0.2) is 4.98 Å². The number of piperidine rings is 1. The van der Waals surface area contributed by atoms with Crippen LogP contribution in [0.3, 0.4) is 0 Å². The minimum absolute atomic E-state index is 0.539. The molecular weight excluding hydrogens is 236 g/mol. The smallest absolute Gasteiger partial charge is 0.181 e. The fourth-order valence-corrected chi connectivity index (χ4v) is 2.74. The van der Waals surface area contributed by atoms with Crippen LogP contribution in [0.1, 0.15) is 30.1 Å². The molecule has 4 heteroatoms. The van der Waals surface area contributed by atoms with Gasteiger partial charge in [-0.15, -0.1) is 0 Å². The Kier molecular flexibility index (Phi) is 3.34. The van der Waals surface area contributed by atoms with Gasteiger partial charge in [0.2, 0.25) is 0 Å². The highest BCUT2D eigenvalue weighted by Gasteiger charge is 2.21. The summed E-state index contributed by atoms with van der Waals surface area (Å²) in [4.78, 5) is 4.77. The third kappa shape index (κ3) is 2.54. The van der Waals surface area contributed by atoms with Crippen LogP contribution in [0, 0.1) is 6.92 Å². The number of hydrogen-bond donors (Lipinski definition) is 1. The maximum atomic E-state index is 4.77. The van der Waals surface area contributed by atoms with Crippen molar-refractivity contribution in [2.75, 3.05) is 13.1 Å². The quantitative estimate of drug-likeness (QED) is 0.896. The number of rotatable bonds is 2. The van der Waals surface area contributed by atoms with Gasteiger partial charge in [0.05, 0.1) is 0 Å². The first-order valence-corrected chi connectivity index (χ1v) is 6.93. The molecule has 2 aromatic rings. The molecule has 0 radical (unpaired) electrons. The van der Waals surface area contributed by atoms with Gasteiger partial charge in [0, 0.05) is 18.5 Å². The summed E-state index contributed by atoms with van der Waals surface area (Å²) in [7, 11) is 2.00. The highest BCUT2D eigenvalue weighted by Crippen LogP contribution is 2.25. The van der Waals surface area contributed by atoms with Crippen LogP contribution in [0.25, 0.3) is 11.4 Å². The second-order valence-corrected chi connectivity index (χ2v) is 5.31. The summed E-state index contributed by atoms with van der Waals surface area (Å²) in [6.45, 7) is 4.26. The first-order valence-electron chi connectivity index (χ1n) is 6.93. The molecule has 0 unspecified atom stereocenters. The normalized spacial score (nSPS) is 16.7. The molecule has 3 rings (SSSR count). The Morgan fingerprint density at radius 1 is 1.26 bits per heavy atom. The van der Waals surface area contributed by atoms with E-state index in [4.69, 9.17) is 4.98 Å². The molecule has 0 bridgehead atoms. The van der Waals surface area contributed by atoms with Crippen molar-refractivity contribution in [3.63, 3.8) is 0 Å². The Morgan fingerprint density at radius 2 is 2.05 bits per heavy atom. The van der Waals surface area contributed by atoms with E-state index in [9.17, 15) is 0 Å². The van der Waals surface area contributed by atoms with Crippen LogP contribution in [0.2, 0.25) is 0 Å². The number of nitrogens with one attached hydrogen (secondary N) is 1. The zero-order valence-electron chi connectivity index (χ0n) is 11.6. The van der Waals surface area contributed by atoms with Crippen LogP contribution < -0.4 is 5.32 Å². The van der Waals surface area contributed by atoms with Crippen LogP contribution in [-0.4, -0.2) is 27.9 Å². The van der Waals surface area contributed by atoms with Crippen LogP contribution >= 0.6 is 0 Å². The van der Waals surface area contributed by atoms with E-state index < -0.39 is 0 Å². The molecule has 1 aliphatic heterocycles. The van der Waals surface area contributed by atoms with Gasteiger partial charge < -0.3 is 5.32 Å². The third-order valence-corrected chi connectivity index (χ3v) is 3.78. The zero-order chi connectivity index (χ0) is 13.2. The number of aryl methyl sites for hydroxylation is 2. The van der Waals surface area contributed by atoms with Crippen molar-refractivity contribution in [2.24, 2.45) is 7.05 Å². The van der Waals surface area contributed by atoms with Gasteiger partial charge in [-0.2, -0.15) is 5.10 Å². The van der Waals surface area contributed by atoms with Crippen molar-refractivity contribution < 1.29 is 0 Å². The topological polar surface area (TPSA) is 42.7 Å². The SMILES string of the molecule is Cc1cccc(-c2nc(C3CCNCC3)n(C)n2)c1. The van der Waals surface area contributed by atoms with E-state index in [0.717, 1.165) is 43.1 Å². The molecule has 0 aliphatic carbocycles. The molecule has 19 heavy (non-hydrogen) atoms. The van der Waals surface area contributed by atoms with Crippen molar-refractivity contribution in [2.45, 2.75) is 25.7 Å².